The largest absolute Gasteiger partial charge is 0.401 e. The first-order valence-electron chi connectivity index (χ1n) is 15.3. The van der Waals surface area contributed by atoms with Gasteiger partial charge >= 0.3 is 0 Å². The smallest absolute Gasteiger partial charge is 0.0965 e. The molecule has 6 heteroatoms. The molecule has 38 heavy (non-hydrogen) atoms. The number of dihydropyridines is 2. The summed E-state index contributed by atoms with van der Waals surface area (Å²) in [6, 6.07) is 0.518. The highest BCUT2D eigenvalue weighted by atomic mass is 32.2. The molecule has 0 aromatic carbocycles. The Morgan fingerprint density at radius 1 is 1.11 bits per heavy atom. The zero-order valence-electron chi connectivity index (χ0n) is 24.8. The van der Waals surface area contributed by atoms with E-state index in [2.05, 4.69) is 71.2 Å². The van der Waals surface area contributed by atoms with Crippen LogP contribution in [0.3, 0.4) is 0 Å². The number of nitrogens with two attached hydrogens (primary N) is 1. The Morgan fingerprint density at radius 2 is 1.87 bits per heavy atom. The highest BCUT2D eigenvalue weighted by molar-refractivity contribution is 8.03. The van der Waals surface area contributed by atoms with Crippen molar-refractivity contribution in [3.8, 4) is 0 Å². The number of rotatable bonds is 10. The zero-order valence-corrected chi connectivity index (χ0v) is 25.6. The third-order valence-electron chi connectivity index (χ3n) is 7.32. The van der Waals surface area contributed by atoms with Crippen LogP contribution in [0.25, 0.3) is 0 Å². The molecular weight excluding hydrogens is 486 g/mol. The van der Waals surface area contributed by atoms with Crippen molar-refractivity contribution in [2.45, 2.75) is 98.7 Å². The van der Waals surface area contributed by atoms with Crippen LogP contribution in [0, 0.1) is 11.8 Å². The van der Waals surface area contributed by atoms with Crippen LogP contribution in [0.4, 0.5) is 0 Å². The molecule has 0 spiro atoms. The predicted molar refractivity (Wildman–Crippen MR) is 167 cm³/mol. The summed E-state index contributed by atoms with van der Waals surface area (Å²) >= 11 is 1.89. The zero-order chi connectivity index (χ0) is 27.5. The van der Waals surface area contributed by atoms with Gasteiger partial charge in [0, 0.05) is 41.9 Å². The van der Waals surface area contributed by atoms with Gasteiger partial charge < -0.3 is 21.3 Å². The molecule has 2 fully saturated rings. The van der Waals surface area contributed by atoms with Gasteiger partial charge in [-0.1, -0.05) is 47.6 Å². The minimum atomic E-state index is 0.115. The van der Waals surface area contributed by atoms with Crippen LogP contribution < -0.4 is 21.7 Å². The summed E-state index contributed by atoms with van der Waals surface area (Å²) < 4.78 is 0. The summed E-state index contributed by atoms with van der Waals surface area (Å²) in [6.45, 7) is 14.2. The molecule has 5 aliphatic rings. The van der Waals surface area contributed by atoms with Crippen LogP contribution >= 0.6 is 11.8 Å². The summed E-state index contributed by atoms with van der Waals surface area (Å²) in [5, 5.41) is 11.2. The van der Waals surface area contributed by atoms with Gasteiger partial charge in [-0.2, -0.15) is 0 Å². The van der Waals surface area contributed by atoms with Gasteiger partial charge in [-0.25, -0.2) is 0 Å². The molecule has 2 saturated carbocycles. The van der Waals surface area contributed by atoms with E-state index < -0.39 is 0 Å². The molecule has 5 rings (SSSR count). The molecule has 3 heterocycles. The van der Waals surface area contributed by atoms with Crippen molar-refractivity contribution in [3.05, 3.63) is 69.8 Å². The number of allylic oxidation sites excluding steroid dienone is 7. The maximum absolute atomic E-state index is 6.28. The number of nitrogens with zero attached hydrogens (tertiary/aromatic N) is 1. The number of nitrogens with one attached hydrogen (secondary N) is 3. The first kappa shape index (κ1) is 30.5. The van der Waals surface area contributed by atoms with Crippen LogP contribution in [-0.2, 0) is 0 Å². The van der Waals surface area contributed by atoms with Crippen LogP contribution in [0.1, 0.15) is 86.5 Å². The fourth-order valence-corrected chi connectivity index (χ4v) is 5.83. The lowest BCUT2D eigenvalue weighted by atomic mass is 9.99. The van der Waals surface area contributed by atoms with E-state index in [1.807, 2.05) is 39.5 Å². The summed E-state index contributed by atoms with van der Waals surface area (Å²) in [6.07, 6.45) is 22.6. The Labute approximate surface area is 237 Å². The summed E-state index contributed by atoms with van der Waals surface area (Å²) in [7, 11) is 0. The molecular formula is C32H53N5S. The maximum Gasteiger partial charge on any atom is 0.0965 e. The molecule has 0 bridgehead atoms. The molecule has 212 valence electrons. The lowest BCUT2D eigenvalue weighted by Crippen LogP contribution is -2.46. The Balaban J connectivity index is 0.000000956. The molecule has 0 aromatic heterocycles. The average Bonchev–Trinajstić information content (AvgIpc) is 3.89. The maximum atomic E-state index is 6.28. The van der Waals surface area contributed by atoms with Gasteiger partial charge in [0.2, 0.25) is 0 Å². The van der Waals surface area contributed by atoms with Crippen molar-refractivity contribution in [2.24, 2.45) is 17.6 Å². The van der Waals surface area contributed by atoms with Crippen molar-refractivity contribution < 1.29 is 0 Å². The first-order chi connectivity index (χ1) is 18.6. The quantitative estimate of drug-likeness (QED) is 0.227. The lowest BCUT2D eigenvalue weighted by molar-refractivity contribution is 0.373. The fourth-order valence-electron chi connectivity index (χ4n) is 5.09. The van der Waals surface area contributed by atoms with Crippen molar-refractivity contribution in [1.29, 1.82) is 0 Å². The molecule has 0 aromatic rings. The average molecular weight is 540 g/mol. The molecule has 5 nitrogen and oxygen atoms in total. The van der Waals surface area contributed by atoms with E-state index in [-0.39, 0.29) is 6.17 Å². The highest BCUT2D eigenvalue weighted by Gasteiger charge is 2.37. The minimum absolute atomic E-state index is 0.115. The third kappa shape index (κ3) is 8.47. The van der Waals surface area contributed by atoms with E-state index in [1.165, 1.54) is 59.8 Å². The van der Waals surface area contributed by atoms with Crippen LogP contribution in [0.5, 0.6) is 0 Å². The Bertz CT molecular complexity index is 949. The van der Waals surface area contributed by atoms with E-state index in [4.69, 9.17) is 5.73 Å². The first-order valence-corrected chi connectivity index (χ1v) is 16.3. The van der Waals surface area contributed by atoms with E-state index >= 15 is 0 Å². The SMILES string of the molecule is CC.CC.CCS/C(=C/C=C(\N)CNC1C=CC2=C(CCCN2C2=CC(C3CC3)NC(C3CC3)=C2)N1)CC. The van der Waals surface area contributed by atoms with Gasteiger partial charge in [0.05, 0.1) is 11.9 Å². The number of hydrogen-bond donors (Lipinski definition) is 4. The molecule has 2 aliphatic carbocycles. The van der Waals surface area contributed by atoms with E-state index in [0.717, 1.165) is 42.7 Å². The highest BCUT2D eigenvalue weighted by Crippen LogP contribution is 2.42. The van der Waals surface area contributed by atoms with Crippen LogP contribution in [0.15, 0.2) is 69.8 Å². The lowest BCUT2D eigenvalue weighted by Gasteiger charge is -2.39. The number of thioether (sulfide) groups is 1. The monoisotopic (exact) mass is 539 g/mol. The molecule has 0 radical (unpaired) electrons. The van der Waals surface area contributed by atoms with Gasteiger partial charge in [-0.15, -0.1) is 11.8 Å². The molecule has 0 amide bonds. The van der Waals surface area contributed by atoms with Crippen LogP contribution in [0.2, 0.25) is 0 Å². The molecule has 5 N–H and O–H groups in total. The van der Waals surface area contributed by atoms with Gasteiger partial charge in [-0.05, 0) is 97.8 Å². The Hall–Kier alpha value is -2.05. The Morgan fingerprint density at radius 3 is 2.53 bits per heavy atom. The van der Waals surface area contributed by atoms with E-state index in [9.17, 15) is 0 Å². The second-order valence-electron chi connectivity index (χ2n) is 10.1. The molecule has 3 aliphatic heterocycles. The van der Waals surface area contributed by atoms with Crippen molar-refractivity contribution in [2.75, 3.05) is 18.8 Å². The van der Waals surface area contributed by atoms with Gasteiger partial charge in [0.15, 0.2) is 0 Å². The summed E-state index contributed by atoms with van der Waals surface area (Å²) in [5.74, 6) is 2.69. The standard InChI is InChI=1S/C28H41N5S.2C2H6/c1-3-23(34-4-2)12-11-21(29)18-30-28-14-13-27-24(32-28)6-5-15-33(27)22-16-25(19-7-8-19)31-26(17-22)20-9-10-20;2*1-2/h11-14,16-17,19-20,25,28,30-32H,3-10,15,18,29H2,1-2H3;2*1-2H3/b21-11-,23-12+;;. The third-order valence-corrected chi connectivity index (χ3v) is 8.40. The second kappa shape index (κ2) is 15.5. The molecule has 0 saturated heterocycles. The topological polar surface area (TPSA) is 65.3 Å². The second-order valence-corrected chi connectivity index (χ2v) is 11.5. The molecule has 2 unspecified atom stereocenters. The normalized spacial score (nSPS) is 25.1. The van der Waals surface area contributed by atoms with E-state index in [1.54, 1.807) is 0 Å². The van der Waals surface area contributed by atoms with Gasteiger partial charge in [-0.3, -0.25) is 5.32 Å². The van der Waals surface area contributed by atoms with Crippen LogP contribution in [-0.4, -0.2) is 35.9 Å². The minimum Gasteiger partial charge on any atom is -0.401 e. The Kier molecular flexibility index (Phi) is 12.5. The van der Waals surface area contributed by atoms with E-state index in [0.29, 0.717) is 12.6 Å². The predicted octanol–water partition coefficient (Wildman–Crippen LogP) is 6.87. The summed E-state index contributed by atoms with van der Waals surface area (Å²) in [4.78, 5) is 3.93. The van der Waals surface area contributed by atoms with Crippen molar-refractivity contribution in [3.63, 3.8) is 0 Å². The van der Waals surface area contributed by atoms with Crippen molar-refractivity contribution in [1.82, 2.24) is 20.9 Å². The van der Waals surface area contributed by atoms with Gasteiger partial charge in [0.25, 0.3) is 0 Å². The van der Waals surface area contributed by atoms with Gasteiger partial charge in [0.1, 0.15) is 0 Å². The number of hydrogen-bond acceptors (Lipinski definition) is 6. The van der Waals surface area contributed by atoms with Crippen molar-refractivity contribution >= 4 is 11.8 Å². The summed E-state index contributed by atoms with van der Waals surface area (Å²) in [5.41, 5.74) is 12.7. The fraction of sp³-hybridized carbons (Fsp3) is 0.625. The molecule has 2 atom stereocenters.